The third-order valence-electron chi connectivity index (χ3n) is 14.7. The zero-order valence-electron chi connectivity index (χ0n) is 49.8. The van der Waals surface area contributed by atoms with Gasteiger partial charge in [-0.1, -0.05) is 143 Å². The first-order valence-corrected chi connectivity index (χ1v) is 31.0. The molecule has 0 aromatic heterocycles. The normalized spacial score (nSPS) is 12.8. The summed E-state index contributed by atoms with van der Waals surface area (Å²) in [6, 6.07) is 41.0. The first-order valence-electron chi connectivity index (χ1n) is 29.5. The van der Waals surface area contributed by atoms with E-state index in [9.17, 15) is 45.8 Å². The first kappa shape index (κ1) is 68.9. The summed E-state index contributed by atoms with van der Waals surface area (Å²) in [6.45, 7) is 12.3. The molecule has 85 heavy (non-hydrogen) atoms. The number of unbranched alkanes of at least 4 members (excludes halogenated alkanes) is 9. The van der Waals surface area contributed by atoms with Gasteiger partial charge in [0.25, 0.3) is 15.9 Å². The fourth-order valence-electron chi connectivity index (χ4n) is 9.69. The summed E-state index contributed by atoms with van der Waals surface area (Å²) in [6.07, 6.45) is 8.98. The SMILES string of the molecule is CCCCCCCCCCCCOCC[N+](CCO)(CCO)Cc1ccccc1.CN(C)c1ccc(CN2CCN(C(=O)Nc3ccc(C(F)(F)F)cc3)CC2)cc1.Cc1ccc(S(=O)(=O)Nc2ccccc2C(=O)Nc2cccc(F)c2)cc1. The Labute approximate surface area is 501 Å². The lowest BCUT2D eigenvalue weighted by atomic mass is 10.1. The molecule has 7 rings (SSSR count). The van der Waals surface area contributed by atoms with E-state index in [1.807, 2.05) is 39.2 Å². The summed E-state index contributed by atoms with van der Waals surface area (Å²) in [5.41, 5.74) is 4.69. The number of hydrogen-bond acceptors (Lipinski definition) is 9. The van der Waals surface area contributed by atoms with Crippen LogP contribution in [0.4, 0.5) is 45.1 Å². The van der Waals surface area contributed by atoms with Crippen LogP contribution in [-0.2, 0) is 34.0 Å². The number of para-hydroxylation sites is 1. The summed E-state index contributed by atoms with van der Waals surface area (Å²) < 4.78 is 85.4. The molecule has 1 saturated heterocycles. The van der Waals surface area contributed by atoms with Gasteiger partial charge in [0, 0.05) is 76.1 Å². The molecule has 6 aromatic carbocycles. The number of hydrogen-bond donors (Lipinski definition) is 5. The van der Waals surface area contributed by atoms with Crippen molar-refractivity contribution >= 4 is 44.7 Å². The first-order chi connectivity index (χ1) is 40.8. The fourth-order valence-corrected chi connectivity index (χ4v) is 10.8. The molecule has 1 heterocycles. The predicted molar refractivity (Wildman–Crippen MR) is 333 cm³/mol. The molecule has 3 amide bonds. The summed E-state index contributed by atoms with van der Waals surface area (Å²) >= 11 is 0. The number of aliphatic hydroxyl groups is 2. The second kappa shape index (κ2) is 36.2. The molecule has 1 aliphatic heterocycles. The van der Waals surface area contributed by atoms with Crippen molar-refractivity contribution in [2.24, 2.45) is 0 Å². The number of nitrogens with zero attached hydrogens (tertiary/aromatic N) is 4. The number of carbonyl (C=O) groups excluding carboxylic acids is 2. The number of ether oxygens (including phenoxy) is 1. The molecular formula is C66H88F4N7O7S+. The minimum absolute atomic E-state index is 0.0911. The molecule has 0 radical (unpaired) electrons. The molecule has 0 saturated carbocycles. The number of urea groups is 1. The minimum atomic E-state index is -4.38. The second-order valence-corrected chi connectivity index (χ2v) is 23.3. The maximum Gasteiger partial charge on any atom is 0.416 e. The topological polar surface area (TPSA) is 164 Å². The van der Waals surface area contributed by atoms with Crippen molar-refractivity contribution in [3.63, 3.8) is 0 Å². The van der Waals surface area contributed by atoms with E-state index in [1.165, 1.54) is 124 Å². The number of aryl methyl sites for hydroxylation is 1. The van der Waals surface area contributed by atoms with Gasteiger partial charge in [-0.25, -0.2) is 17.6 Å². The van der Waals surface area contributed by atoms with Crippen molar-refractivity contribution in [2.75, 3.05) is 107 Å². The van der Waals surface area contributed by atoms with Gasteiger partial charge in [0.15, 0.2) is 0 Å². The lowest BCUT2D eigenvalue weighted by molar-refractivity contribution is -0.941. The molecule has 0 unspecified atom stereocenters. The van der Waals surface area contributed by atoms with Crippen molar-refractivity contribution in [1.29, 1.82) is 0 Å². The van der Waals surface area contributed by atoms with Crippen LogP contribution in [0, 0.1) is 12.7 Å². The van der Waals surface area contributed by atoms with Crippen LogP contribution < -0.4 is 20.3 Å². The third kappa shape index (κ3) is 24.9. The Bertz CT molecular complexity index is 2980. The molecule has 0 bridgehead atoms. The highest BCUT2D eigenvalue weighted by atomic mass is 32.2. The average molecular weight is 1200 g/mol. The van der Waals surface area contributed by atoms with Crippen LogP contribution in [0.3, 0.4) is 0 Å². The lowest BCUT2D eigenvalue weighted by Crippen LogP contribution is -2.52. The summed E-state index contributed by atoms with van der Waals surface area (Å²) in [7, 11) is 0.152. The number of aliphatic hydroxyl groups excluding tert-OH is 2. The van der Waals surface area contributed by atoms with Crippen molar-refractivity contribution in [3.05, 3.63) is 185 Å². The van der Waals surface area contributed by atoms with Gasteiger partial charge in [-0.15, -0.1) is 0 Å². The van der Waals surface area contributed by atoms with Crippen LogP contribution in [0.5, 0.6) is 0 Å². The van der Waals surface area contributed by atoms with Gasteiger partial charge in [0.05, 0.1) is 41.5 Å². The molecule has 5 N–H and O–H groups in total. The number of nitrogens with one attached hydrogen (secondary N) is 3. The van der Waals surface area contributed by atoms with Gasteiger partial charge in [0.2, 0.25) is 0 Å². The quantitative estimate of drug-likeness (QED) is 0.0175. The van der Waals surface area contributed by atoms with E-state index in [1.54, 1.807) is 35.2 Å². The number of benzene rings is 6. The van der Waals surface area contributed by atoms with Crippen LogP contribution in [-0.4, -0.2) is 131 Å². The molecule has 14 nitrogen and oxygen atoms in total. The Morgan fingerprint density at radius 3 is 1.84 bits per heavy atom. The molecule has 0 aliphatic carbocycles. The van der Waals surface area contributed by atoms with Crippen LogP contribution in [0.1, 0.15) is 104 Å². The predicted octanol–water partition coefficient (Wildman–Crippen LogP) is 13.2. The van der Waals surface area contributed by atoms with Crippen LogP contribution >= 0.6 is 0 Å². The van der Waals surface area contributed by atoms with E-state index in [0.717, 1.165) is 69.1 Å². The van der Waals surface area contributed by atoms with Gasteiger partial charge in [-0.3, -0.25) is 14.4 Å². The highest BCUT2D eigenvalue weighted by molar-refractivity contribution is 7.92. The van der Waals surface area contributed by atoms with E-state index in [2.05, 4.69) is 68.5 Å². The standard InChI is InChI=1S/C25H46NO3.C21H25F3N4O.C20H17FN2O3S/c1-2-3-4-5-6-7-8-9-10-14-22-29-23-19-26(17-20-27,18-21-28)24-25-15-12-11-13-16-25;1-26(2)19-9-3-16(4-10-19)15-27-11-13-28(14-12-27)20(29)25-18-7-5-17(6-8-18)21(22,23)24;1-14-9-11-17(12-10-14)27(25,26)23-19-8-3-2-7-18(19)20(24)22-16-6-4-5-15(21)13-16/h11-13,15-16,27-28H,2-10,14,17-24H2,1H3;3-10H,11-15H2,1-2H3,(H,25,29);2-13,23H,1H3,(H,22,24)/q+1;;. The number of piperazine rings is 1. The number of alkyl halides is 3. The molecule has 19 heteroatoms. The third-order valence-corrected chi connectivity index (χ3v) is 16.1. The number of amides is 3. The maximum absolute atomic E-state index is 13.3. The van der Waals surface area contributed by atoms with Crippen LogP contribution in [0.15, 0.2) is 157 Å². The molecule has 0 spiro atoms. The number of anilines is 4. The van der Waals surface area contributed by atoms with Gasteiger partial charge in [-0.05, 0) is 97.8 Å². The molecule has 1 fully saturated rings. The number of quaternary nitrogens is 1. The Morgan fingerprint density at radius 2 is 1.25 bits per heavy atom. The largest absolute Gasteiger partial charge is 0.416 e. The number of sulfonamides is 1. The lowest BCUT2D eigenvalue weighted by Gasteiger charge is -2.38. The maximum atomic E-state index is 13.3. The van der Waals surface area contributed by atoms with Crippen molar-refractivity contribution < 1.29 is 55.0 Å². The fraction of sp³-hybridized carbons (Fsp3) is 0.424. The van der Waals surface area contributed by atoms with Crippen LogP contribution in [0.2, 0.25) is 0 Å². The highest BCUT2D eigenvalue weighted by Gasteiger charge is 2.31. The van der Waals surface area contributed by atoms with E-state index in [4.69, 9.17) is 4.74 Å². The zero-order valence-corrected chi connectivity index (χ0v) is 50.7. The molecule has 6 aromatic rings. The number of carbonyl (C=O) groups is 2. The van der Waals surface area contributed by atoms with Crippen molar-refractivity contribution in [1.82, 2.24) is 9.80 Å². The molecular weight excluding hydrogens is 1110 g/mol. The van der Waals surface area contributed by atoms with Crippen LogP contribution in [0.25, 0.3) is 0 Å². The van der Waals surface area contributed by atoms with Gasteiger partial charge in [0.1, 0.15) is 32.0 Å². The van der Waals surface area contributed by atoms with E-state index < -0.39 is 33.5 Å². The van der Waals surface area contributed by atoms with E-state index in [-0.39, 0.29) is 41.1 Å². The Kier molecular flexibility index (Phi) is 29.3. The average Bonchev–Trinajstić information content (AvgIpc) is 3.49. The minimum Gasteiger partial charge on any atom is -0.391 e. The summed E-state index contributed by atoms with van der Waals surface area (Å²) in [5.74, 6) is -1.04. The Morgan fingerprint density at radius 1 is 0.647 bits per heavy atom. The molecule has 0 atom stereocenters. The smallest absolute Gasteiger partial charge is 0.391 e. The Balaban J connectivity index is 0.000000233. The van der Waals surface area contributed by atoms with Gasteiger partial charge in [-0.2, -0.15) is 13.2 Å². The molecule has 462 valence electrons. The highest BCUT2D eigenvalue weighted by Crippen LogP contribution is 2.30. The monoisotopic (exact) mass is 1200 g/mol. The molecule has 1 aliphatic rings. The summed E-state index contributed by atoms with van der Waals surface area (Å²) in [4.78, 5) is 31.0. The second-order valence-electron chi connectivity index (χ2n) is 21.7. The number of rotatable bonds is 29. The summed E-state index contributed by atoms with van der Waals surface area (Å²) in [5, 5.41) is 24.4. The van der Waals surface area contributed by atoms with Crippen molar-refractivity contribution in [2.45, 2.75) is 102 Å². The van der Waals surface area contributed by atoms with E-state index >= 15 is 0 Å². The van der Waals surface area contributed by atoms with Gasteiger partial charge < -0.3 is 39.9 Å². The van der Waals surface area contributed by atoms with Crippen molar-refractivity contribution in [3.8, 4) is 0 Å². The Hall–Kier alpha value is -6.87. The van der Waals surface area contributed by atoms with Gasteiger partial charge >= 0.3 is 12.2 Å². The van der Waals surface area contributed by atoms with E-state index in [0.29, 0.717) is 43.0 Å². The number of halogens is 4. The zero-order chi connectivity index (χ0) is 61.5.